The molecule has 10 atom stereocenters. The van der Waals surface area contributed by atoms with Gasteiger partial charge in [-0.25, -0.2) is 0 Å². The van der Waals surface area contributed by atoms with Crippen LogP contribution in [0.4, 0.5) is 0 Å². The van der Waals surface area contributed by atoms with Crippen LogP contribution >= 0.6 is 0 Å². The van der Waals surface area contributed by atoms with Gasteiger partial charge in [-0.1, -0.05) is 34.1 Å². The molecule has 1 aliphatic heterocycles. The van der Waals surface area contributed by atoms with Crippen molar-refractivity contribution < 1.29 is 33.9 Å². The zero-order chi connectivity index (χ0) is 30.6. The fraction of sp³-hybridized carbons (Fsp3) is 0.943. The van der Waals surface area contributed by atoms with Gasteiger partial charge in [0.05, 0.1) is 0 Å². The molecular weight excluding hydrogens is 546 g/mol. The van der Waals surface area contributed by atoms with E-state index in [1.807, 2.05) is 6.92 Å². The van der Waals surface area contributed by atoms with Crippen molar-refractivity contribution in [2.24, 2.45) is 52.3 Å². The standard InChI is InChI=1S/C35H57NO7/c1-7-36-30(38)14-11-22(2)26-12-13-27-31-28(15-17-33(26,27)6)32(5)18-19-34(21-25(32)20-29(31)39-24(4)37)40-42-35(43-41-34)16-9-8-10-23(35)3/h22-23,25-29,31H,7-21H2,1-6H3,(H,36,38)/t22-,23?,25-,26-,27+,28+,29-,31+,32+,33-,34?,35?/m1/s1. The number of amides is 1. The first-order valence-electron chi connectivity index (χ1n) is 17.6. The summed E-state index contributed by atoms with van der Waals surface area (Å²) in [4.78, 5) is 49.4. The highest BCUT2D eigenvalue weighted by molar-refractivity contribution is 5.75. The van der Waals surface area contributed by atoms with Gasteiger partial charge in [-0.3, -0.25) is 9.59 Å². The zero-order valence-electron chi connectivity index (χ0n) is 27.6. The van der Waals surface area contributed by atoms with Crippen molar-refractivity contribution in [3.63, 3.8) is 0 Å². The van der Waals surface area contributed by atoms with Gasteiger partial charge in [-0.2, -0.15) is 19.6 Å². The summed E-state index contributed by atoms with van der Waals surface area (Å²) in [6, 6.07) is 0. The molecule has 43 heavy (non-hydrogen) atoms. The molecule has 5 aliphatic carbocycles. The maximum atomic E-state index is 12.5. The Hall–Kier alpha value is -1.22. The van der Waals surface area contributed by atoms with E-state index in [-0.39, 0.29) is 40.6 Å². The highest BCUT2D eigenvalue weighted by Gasteiger charge is 2.66. The maximum Gasteiger partial charge on any atom is 0.302 e. The summed E-state index contributed by atoms with van der Waals surface area (Å²) in [5.74, 6) is 1.27. The van der Waals surface area contributed by atoms with Crippen molar-refractivity contribution >= 4 is 11.9 Å². The van der Waals surface area contributed by atoms with Crippen LogP contribution in [0.25, 0.3) is 0 Å². The monoisotopic (exact) mass is 603 g/mol. The molecular formula is C35H57NO7. The molecule has 1 N–H and O–H groups in total. The van der Waals surface area contributed by atoms with Gasteiger partial charge in [0.15, 0.2) is 0 Å². The summed E-state index contributed by atoms with van der Waals surface area (Å²) >= 11 is 0. The van der Waals surface area contributed by atoms with Gasteiger partial charge in [0.1, 0.15) is 6.10 Å². The third-order valence-corrected chi connectivity index (χ3v) is 13.8. The fourth-order valence-electron chi connectivity index (χ4n) is 11.3. The lowest BCUT2D eigenvalue weighted by atomic mass is 9.43. The van der Waals surface area contributed by atoms with E-state index in [9.17, 15) is 9.59 Å². The van der Waals surface area contributed by atoms with Gasteiger partial charge in [0, 0.05) is 51.0 Å². The molecule has 5 saturated carbocycles. The summed E-state index contributed by atoms with van der Waals surface area (Å²) in [6.07, 6.45) is 13.5. The van der Waals surface area contributed by atoms with Gasteiger partial charge < -0.3 is 10.1 Å². The summed E-state index contributed by atoms with van der Waals surface area (Å²) in [6.45, 7) is 13.8. The first-order valence-corrected chi connectivity index (χ1v) is 17.6. The first-order chi connectivity index (χ1) is 20.5. The molecule has 6 aliphatic rings. The minimum absolute atomic E-state index is 0.0973. The van der Waals surface area contributed by atoms with Gasteiger partial charge in [0.25, 0.3) is 0 Å². The van der Waals surface area contributed by atoms with Crippen LogP contribution in [-0.4, -0.2) is 36.1 Å². The average molecular weight is 604 g/mol. The Balaban J connectivity index is 1.19. The summed E-state index contributed by atoms with van der Waals surface area (Å²) in [5.41, 5.74) is 0.331. The van der Waals surface area contributed by atoms with E-state index in [1.165, 1.54) is 25.7 Å². The number of esters is 1. The Kier molecular flexibility index (Phi) is 8.75. The zero-order valence-corrected chi connectivity index (χ0v) is 27.6. The Morgan fingerprint density at radius 3 is 2.37 bits per heavy atom. The number of ether oxygens (including phenoxy) is 1. The number of nitrogens with one attached hydrogen (secondary N) is 1. The van der Waals surface area contributed by atoms with Crippen LogP contribution in [0, 0.1) is 52.3 Å². The van der Waals surface area contributed by atoms with Crippen molar-refractivity contribution in [2.75, 3.05) is 6.54 Å². The second-order valence-electron chi connectivity index (χ2n) is 16.0. The Bertz CT molecular complexity index is 1040. The minimum Gasteiger partial charge on any atom is -0.462 e. The minimum atomic E-state index is -0.901. The second kappa shape index (κ2) is 11.9. The van der Waals surface area contributed by atoms with E-state index < -0.39 is 11.6 Å². The van der Waals surface area contributed by atoms with Crippen molar-refractivity contribution in [2.45, 2.75) is 149 Å². The predicted octanol–water partition coefficient (Wildman–Crippen LogP) is 7.25. The molecule has 8 heteroatoms. The van der Waals surface area contributed by atoms with Crippen LogP contribution in [0.15, 0.2) is 0 Å². The van der Waals surface area contributed by atoms with Crippen molar-refractivity contribution in [3.05, 3.63) is 0 Å². The smallest absolute Gasteiger partial charge is 0.302 e. The third kappa shape index (κ3) is 5.48. The number of carbonyl (C=O) groups excluding carboxylic acids is 2. The van der Waals surface area contributed by atoms with Gasteiger partial charge in [0.2, 0.25) is 17.5 Å². The van der Waals surface area contributed by atoms with Crippen LogP contribution < -0.4 is 5.32 Å². The molecule has 8 nitrogen and oxygen atoms in total. The number of hydrogen-bond acceptors (Lipinski definition) is 7. The molecule has 0 aromatic carbocycles. The molecule has 244 valence electrons. The Labute approximate surface area is 258 Å². The Morgan fingerprint density at radius 2 is 1.67 bits per heavy atom. The van der Waals surface area contributed by atoms with Gasteiger partial charge in [-0.15, -0.1) is 0 Å². The number of fused-ring (bicyclic) bond motifs is 5. The van der Waals surface area contributed by atoms with E-state index >= 15 is 0 Å². The molecule has 6 fully saturated rings. The fourth-order valence-corrected chi connectivity index (χ4v) is 11.3. The van der Waals surface area contributed by atoms with E-state index in [2.05, 4.69) is 33.0 Å². The molecule has 1 unspecified atom stereocenters. The number of hydrogen-bond donors (Lipinski definition) is 1. The SMILES string of the molecule is CCNC(=O)CC[C@@H](C)[C@H]1CC[C@H]2[C@@H]3[C@H](OC(C)=O)C[C@@H]4CC5(CC[C@]4(C)[C@H]3CC[C@]12C)OOC1(CCCCC1C)OO5. The molecule has 1 heterocycles. The van der Waals surface area contributed by atoms with Crippen molar-refractivity contribution in [1.29, 1.82) is 0 Å². The van der Waals surface area contributed by atoms with Crippen LogP contribution in [-0.2, 0) is 33.9 Å². The lowest BCUT2D eigenvalue weighted by Crippen LogP contribution is -2.63. The second-order valence-corrected chi connectivity index (χ2v) is 16.0. The molecule has 2 spiro atoms. The lowest BCUT2D eigenvalue weighted by molar-refractivity contribution is -0.671. The molecule has 0 radical (unpaired) electrons. The lowest BCUT2D eigenvalue weighted by Gasteiger charge is -2.64. The molecule has 6 rings (SSSR count). The summed E-state index contributed by atoms with van der Waals surface area (Å²) in [5, 5.41) is 2.97. The maximum absolute atomic E-state index is 12.5. The van der Waals surface area contributed by atoms with E-state index in [4.69, 9.17) is 24.3 Å². The topological polar surface area (TPSA) is 92.3 Å². The highest BCUT2D eigenvalue weighted by atomic mass is 17.4. The molecule has 1 amide bonds. The quantitative estimate of drug-likeness (QED) is 0.252. The van der Waals surface area contributed by atoms with Crippen LogP contribution in [0.2, 0.25) is 0 Å². The van der Waals surface area contributed by atoms with Crippen molar-refractivity contribution in [3.8, 4) is 0 Å². The van der Waals surface area contributed by atoms with Crippen molar-refractivity contribution in [1.82, 2.24) is 5.32 Å². The summed E-state index contributed by atoms with van der Waals surface area (Å²) in [7, 11) is 0. The van der Waals surface area contributed by atoms with Crippen LogP contribution in [0.5, 0.6) is 0 Å². The number of carbonyl (C=O) groups is 2. The average Bonchev–Trinajstić information content (AvgIpc) is 3.33. The highest BCUT2D eigenvalue weighted by Crippen LogP contribution is 2.69. The molecule has 1 saturated heterocycles. The predicted molar refractivity (Wildman–Crippen MR) is 161 cm³/mol. The van der Waals surface area contributed by atoms with Gasteiger partial charge >= 0.3 is 5.97 Å². The number of rotatable bonds is 6. The van der Waals surface area contributed by atoms with Crippen LogP contribution in [0.3, 0.4) is 0 Å². The van der Waals surface area contributed by atoms with E-state index in [0.717, 1.165) is 51.4 Å². The van der Waals surface area contributed by atoms with Crippen LogP contribution in [0.1, 0.15) is 131 Å². The largest absolute Gasteiger partial charge is 0.462 e. The van der Waals surface area contributed by atoms with E-state index in [1.54, 1.807) is 6.92 Å². The molecule has 0 aromatic rings. The molecule has 0 bridgehead atoms. The summed E-state index contributed by atoms with van der Waals surface area (Å²) < 4.78 is 6.25. The van der Waals surface area contributed by atoms with E-state index in [0.29, 0.717) is 49.0 Å². The molecule has 0 aromatic heterocycles. The normalized spacial score (nSPS) is 48.2. The van der Waals surface area contributed by atoms with Gasteiger partial charge in [-0.05, 0) is 105 Å². The third-order valence-electron chi connectivity index (χ3n) is 13.8. The Morgan fingerprint density at radius 1 is 0.930 bits per heavy atom. The first kappa shape index (κ1) is 31.7.